The van der Waals surface area contributed by atoms with E-state index >= 15 is 0 Å². The van der Waals surface area contributed by atoms with Crippen molar-refractivity contribution in [2.45, 2.75) is 50.2 Å². The van der Waals surface area contributed by atoms with Gasteiger partial charge in [-0.3, -0.25) is 4.79 Å². The van der Waals surface area contributed by atoms with Gasteiger partial charge in [0.25, 0.3) is 0 Å². The van der Waals surface area contributed by atoms with Crippen LogP contribution in [0.1, 0.15) is 23.1 Å². The van der Waals surface area contributed by atoms with Crippen LogP contribution in [0.4, 0.5) is 0 Å². The van der Waals surface area contributed by atoms with Gasteiger partial charge in [0.2, 0.25) is 0 Å². The Labute approximate surface area is 212 Å². The summed E-state index contributed by atoms with van der Waals surface area (Å²) in [7, 11) is 1.41. The van der Waals surface area contributed by atoms with E-state index in [0.717, 1.165) is 16.7 Å². The van der Waals surface area contributed by atoms with E-state index in [1.165, 1.54) is 7.11 Å². The average Bonchev–Trinajstić information content (AvgIpc) is 3.57. The van der Waals surface area contributed by atoms with Gasteiger partial charge in [-0.2, -0.15) is 0 Å². The molecule has 6 nitrogen and oxygen atoms in total. The molecule has 1 aliphatic carbocycles. The molecule has 1 heterocycles. The molecule has 36 heavy (non-hydrogen) atoms. The SMILES string of the molecule is COC(=O)C1CC12O[C@H](COCc1ccccc1)[C@@H](OCc1ccccc1)[C@@H]2OCc1ccccc1. The van der Waals surface area contributed by atoms with Crippen molar-refractivity contribution in [1.82, 2.24) is 0 Å². The first-order valence-corrected chi connectivity index (χ1v) is 12.4. The molecule has 0 radical (unpaired) electrons. The van der Waals surface area contributed by atoms with E-state index < -0.39 is 17.8 Å². The van der Waals surface area contributed by atoms with Crippen LogP contribution < -0.4 is 0 Å². The molecule has 3 aromatic rings. The monoisotopic (exact) mass is 488 g/mol. The second kappa shape index (κ2) is 11.4. The van der Waals surface area contributed by atoms with Crippen LogP contribution in [-0.4, -0.2) is 43.6 Å². The Hall–Kier alpha value is -3.03. The summed E-state index contributed by atoms with van der Waals surface area (Å²) in [5.74, 6) is -0.666. The largest absolute Gasteiger partial charge is 0.469 e. The Bertz CT molecular complexity index is 1110. The molecule has 1 saturated heterocycles. The van der Waals surface area contributed by atoms with E-state index in [1.54, 1.807) is 0 Å². The third kappa shape index (κ3) is 5.52. The molecular weight excluding hydrogens is 456 g/mol. The average molecular weight is 489 g/mol. The lowest BCUT2D eigenvalue weighted by molar-refractivity contribution is -0.147. The highest BCUT2D eigenvalue weighted by molar-refractivity contribution is 5.78. The summed E-state index contributed by atoms with van der Waals surface area (Å²) in [5.41, 5.74) is 2.42. The third-order valence-corrected chi connectivity index (χ3v) is 6.91. The normalized spacial score (nSPS) is 26.7. The van der Waals surface area contributed by atoms with Crippen molar-refractivity contribution in [3.05, 3.63) is 108 Å². The van der Waals surface area contributed by atoms with Crippen LogP contribution in [0.5, 0.6) is 0 Å². The lowest BCUT2D eigenvalue weighted by Crippen LogP contribution is -2.40. The zero-order valence-electron chi connectivity index (χ0n) is 20.5. The minimum absolute atomic E-state index is 0.282. The molecule has 3 aromatic carbocycles. The number of benzene rings is 3. The molecule has 0 aromatic heterocycles. The third-order valence-electron chi connectivity index (χ3n) is 6.91. The number of carbonyl (C=O) groups excluding carboxylic acids is 1. The summed E-state index contributed by atoms with van der Waals surface area (Å²) in [6.07, 6.45) is -0.678. The van der Waals surface area contributed by atoms with E-state index in [-0.39, 0.29) is 18.0 Å². The molecule has 5 rings (SSSR count). The van der Waals surface area contributed by atoms with Crippen molar-refractivity contribution >= 4 is 5.97 Å². The minimum atomic E-state index is -0.774. The van der Waals surface area contributed by atoms with Gasteiger partial charge in [0, 0.05) is 0 Å². The maximum atomic E-state index is 12.5. The summed E-state index contributed by atoms with van der Waals surface area (Å²) in [6, 6.07) is 30.0. The predicted molar refractivity (Wildman–Crippen MR) is 134 cm³/mol. The number of hydrogen-bond acceptors (Lipinski definition) is 6. The Kier molecular flexibility index (Phi) is 7.78. The molecule has 188 valence electrons. The van der Waals surface area contributed by atoms with Gasteiger partial charge in [-0.05, 0) is 23.1 Å². The molecule has 0 N–H and O–H groups in total. The van der Waals surface area contributed by atoms with E-state index in [0.29, 0.717) is 32.8 Å². The van der Waals surface area contributed by atoms with Crippen molar-refractivity contribution in [1.29, 1.82) is 0 Å². The van der Waals surface area contributed by atoms with Gasteiger partial charge in [0.05, 0.1) is 39.5 Å². The van der Waals surface area contributed by atoms with E-state index in [2.05, 4.69) is 0 Å². The lowest BCUT2D eigenvalue weighted by atomic mass is 10.0. The summed E-state index contributed by atoms with van der Waals surface area (Å²) in [4.78, 5) is 12.5. The fourth-order valence-electron chi connectivity index (χ4n) is 4.97. The van der Waals surface area contributed by atoms with Gasteiger partial charge >= 0.3 is 5.97 Å². The molecule has 0 amide bonds. The quantitative estimate of drug-likeness (QED) is 0.365. The fraction of sp³-hybridized carbons (Fsp3) is 0.367. The molecule has 1 aliphatic heterocycles. The van der Waals surface area contributed by atoms with Crippen molar-refractivity contribution in [3.8, 4) is 0 Å². The highest BCUT2D eigenvalue weighted by Gasteiger charge is 2.72. The van der Waals surface area contributed by atoms with Crippen LogP contribution in [0.2, 0.25) is 0 Å². The first-order valence-electron chi connectivity index (χ1n) is 12.4. The molecule has 0 bridgehead atoms. The maximum absolute atomic E-state index is 12.5. The van der Waals surface area contributed by atoms with Crippen molar-refractivity contribution in [3.63, 3.8) is 0 Å². The highest BCUT2D eigenvalue weighted by atomic mass is 16.6. The second-order valence-electron chi connectivity index (χ2n) is 9.37. The van der Waals surface area contributed by atoms with Crippen LogP contribution >= 0.6 is 0 Å². The van der Waals surface area contributed by atoms with Crippen LogP contribution in [0, 0.1) is 5.92 Å². The Morgan fingerprint density at radius 1 is 0.806 bits per heavy atom. The van der Waals surface area contributed by atoms with E-state index in [1.807, 2.05) is 91.0 Å². The summed E-state index contributed by atoms with van der Waals surface area (Å²) in [5, 5.41) is 0. The molecular formula is C30H32O6. The molecule has 2 unspecified atom stereocenters. The van der Waals surface area contributed by atoms with Crippen LogP contribution in [0.15, 0.2) is 91.0 Å². The van der Waals surface area contributed by atoms with E-state index in [4.69, 9.17) is 23.7 Å². The topological polar surface area (TPSA) is 63.2 Å². The Morgan fingerprint density at radius 2 is 1.33 bits per heavy atom. The molecule has 1 saturated carbocycles. The number of ether oxygens (including phenoxy) is 5. The first-order chi connectivity index (χ1) is 17.7. The number of methoxy groups -OCH3 is 1. The van der Waals surface area contributed by atoms with Crippen molar-refractivity contribution in [2.75, 3.05) is 13.7 Å². The van der Waals surface area contributed by atoms with Gasteiger partial charge in [0.15, 0.2) is 0 Å². The molecule has 2 aliphatic rings. The van der Waals surface area contributed by atoms with Gasteiger partial charge in [-0.15, -0.1) is 0 Å². The summed E-state index contributed by atoms with van der Waals surface area (Å²) in [6.45, 7) is 1.60. The molecule has 2 fully saturated rings. The van der Waals surface area contributed by atoms with Crippen molar-refractivity contribution in [2.24, 2.45) is 5.92 Å². The highest BCUT2D eigenvalue weighted by Crippen LogP contribution is 2.57. The van der Waals surface area contributed by atoms with Gasteiger partial charge in [-0.25, -0.2) is 0 Å². The van der Waals surface area contributed by atoms with Crippen LogP contribution in [0.3, 0.4) is 0 Å². The maximum Gasteiger partial charge on any atom is 0.311 e. The minimum Gasteiger partial charge on any atom is -0.469 e. The standard InChI is InChI=1S/C30H32O6/c1-32-29(31)25-17-30(25)28(35-20-24-15-9-4-10-16-24)27(34-19-23-13-7-3-8-14-23)26(36-30)21-33-18-22-11-5-2-6-12-22/h2-16,25-28H,17-21H2,1H3/t25?,26-,27-,28+,30?/m1/s1. The number of esters is 1. The smallest absolute Gasteiger partial charge is 0.311 e. The molecule has 6 heteroatoms. The zero-order valence-corrected chi connectivity index (χ0v) is 20.5. The first kappa shape index (κ1) is 24.7. The van der Waals surface area contributed by atoms with Crippen molar-refractivity contribution < 1.29 is 28.5 Å². The predicted octanol–water partition coefficient (Wildman–Crippen LogP) is 4.70. The van der Waals surface area contributed by atoms with E-state index in [9.17, 15) is 4.79 Å². The fourth-order valence-corrected chi connectivity index (χ4v) is 4.97. The Balaban J connectivity index is 1.35. The van der Waals surface area contributed by atoms with Gasteiger partial charge in [-0.1, -0.05) is 91.0 Å². The number of carbonyl (C=O) groups is 1. The van der Waals surface area contributed by atoms with Gasteiger partial charge < -0.3 is 23.7 Å². The summed E-state index contributed by atoms with van der Waals surface area (Å²) < 4.78 is 30.6. The molecule has 5 atom stereocenters. The zero-order chi connectivity index (χ0) is 24.8. The van der Waals surface area contributed by atoms with Crippen LogP contribution in [-0.2, 0) is 48.3 Å². The van der Waals surface area contributed by atoms with Gasteiger partial charge in [0.1, 0.15) is 23.9 Å². The summed E-state index contributed by atoms with van der Waals surface area (Å²) >= 11 is 0. The second-order valence-corrected chi connectivity index (χ2v) is 9.37. The number of hydrogen-bond donors (Lipinski definition) is 0. The lowest BCUT2D eigenvalue weighted by Gasteiger charge is -2.25. The Morgan fingerprint density at radius 3 is 1.89 bits per heavy atom. The number of rotatable bonds is 11. The van der Waals surface area contributed by atoms with Crippen LogP contribution in [0.25, 0.3) is 0 Å². The molecule has 1 spiro atoms.